The number of hydrogen-bond acceptors (Lipinski definition) is 3. The summed E-state index contributed by atoms with van der Waals surface area (Å²) in [6.45, 7) is 2.66. The second kappa shape index (κ2) is 3.29. The zero-order chi connectivity index (χ0) is 10.1. The lowest BCUT2D eigenvalue weighted by Crippen LogP contribution is -2.19. The van der Waals surface area contributed by atoms with Crippen molar-refractivity contribution < 1.29 is 4.79 Å². The fourth-order valence-corrected chi connectivity index (χ4v) is 1.52. The molecule has 0 aliphatic carbocycles. The van der Waals surface area contributed by atoms with Crippen molar-refractivity contribution in [2.45, 2.75) is 13.3 Å². The summed E-state index contributed by atoms with van der Waals surface area (Å²) in [4.78, 5) is 17.7. The van der Waals surface area contributed by atoms with Gasteiger partial charge in [-0.2, -0.15) is 0 Å². The number of rotatable bonds is 0. The predicted molar refractivity (Wildman–Crippen MR) is 55.5 cm³/mol. The number of fused-ring (bicyclic) bond motifs is 1. The molecule has 0 radical (unpaired) electrons. The summed E-state index contributed by atoms with van der Waals surface area (Å²) in [7, 11) is 1.95. The second-order valence-corrected chi connectivity index (χ2v) is 3.54. The number of hydrogen-bond donors (Lipinski definition) is 1. The first-order valence-electron chi connectivity index (χ1n) is 4.65. The van der Waals surface area contributed by atoms with Gasteiger partial charge in [0.15, 0.2) is 5.82 Å². The first-order valence-corrected chi connectivity index (χ1v) is 4.65. The van der Waals surface area contributed by atoms with Gasteiger partial charge in [-0.05, 0) is 19.1 Å². The van der Waals surface area contributed by atoms with E-state index in [1.54, 1.807) is 0 Å². The molecule has 1 aliphatic rings. The van der Waals surface area contributed by atoms with Crippen molar-refractivity contribution in [1.29, 1.82) is 0 Å². The van der Waals surface area contributed by atoms with Crippen molar-refractivity contribution in [3.05, 3.63) is 17.8 Å². The van der Waals surface area contributed by atoms with Crippen LogP contribution in [-0.4, -0.2) is 24.5 Å². The van der Waals surface area contributed by atoms with Crippen LogP contribution in [0.1, 0.15) is 12.1 Å². The quantitative estimate of drug-likeness (QED) is 0.669. The van der Waals surface area contributed by atoms with Crippen molar-refractivity contribution in [1.82, 2.24) is 4.98 Å². The minimum absolute atomic E-state index is 0.0567. The molecule has 1 amide bonds. The van der Waals surface area contributed by atoms with Crippen molar-refractivity contribution >= 4 is 17.4 Å². The van der Waals surface area contributed by atoms with E-state index in [1.165, 1.54) is 0 Å². The number of nitrogens with one attached hydrogen (secondary N) is 1. The maximum Gasteiger partial charge on any atom is 0.226 e. The number of amides is 1. The molecule has 0 bridgehead atoms. The molecule has 4 heteroatoms. The van der Waals surface area contributed by atoms with E-state index in [-0.39, 0.29) is 5.91 Å². The molecule has 0 spiro atoms. The van der Waals surface area contributed by atoms with E-state index in [1.807, 2.05) is 31.0 Å². The summed E-state index contributed by atoms with van der Waals surface area (Å²) in [5, 5.41) is 2.84. The molecule has 1 aromatic rings. The molecule has 2 rings (SSSR count). The van der Waals surface area contributed by atoms with Crippen LogP contribution < -0.4 is 10.2 Å². The summed E-state index contributed by atoms with van der Waals surface area (Å²) in [6.07, 6.45) is 0.520. The number of carbonyl (C=O) groups excluding carboxylic acids is 1. The third-order valence-corrected chi connectivity index (χ3v) is 2.32. The first kappa shape index (κ1) is 8.99. The summed E-state index contributed by atoms with van der Waals surface area (Å²) < 4.78 is 0. The van der Waals surface area contributed by atoms with Gasteiger partial charge in [0.1, 0.15) is 0 Å². The monoisotopic (exact) mass is 191 g/mol. The molecule has 0 saturated carbocycles. The summed E-state index contributed by atoms with van der Waals surface area (Å²) in [6, 6.07) is 3.80. The smallest absolute Gasteiger partial charge is 0.226 e. The zero-order valence-corrected chi connectivity index (χ0v) is 8.37. The van der Waals surface area contributed by atoms with Crippen LogP contribution in [0.4, 0.5) is 11.5 Å². The Balaban J connectivity index is 2.46. The number of anilines is 2. The van der Waals surface area contributed by atoms with Crippen LogP contribution in [0.2, 0.25) is 0 Å². The van der Waals surface area contributed by atoms with E-state index >= 15 is 0 Å². The van der Waals surface area contributed by atoms with E-state index < -0.39 is 0 Å². The molecule has 0 aromatic carbocycles. The normalized spacial score (nSPS) is 15.9. The van der Waals surface area contributed by atoms with Crippen molar-refractivity contribution in [2.24, 2.45) is 0 Å². The molecule has 4 nitrogen and oxygen atoms in total. The van der Waals surface area contributed by atoms with Gasteiger partial charge in [0.05, 0.1) is 5.69 Å². The highest BCUT2D eigenvalue weighted by molar-refractivity contribution is 5.95. The molecule has 1 aliphatic heterocycles. The fourth-order valence-electron chi connectivity index (χ4n) is 1.52. The Hall–Kier alpha value is -1.58. The van der Waals surface area contributed by atoms with Crippen LogP contribution in [0.3, 0.4) is 0 Å². The molecule has 0 unspecified atom stereocenters. The number of pyridine rings is 1. The van der Waals surface area contributed by atoms with Crippen LogP contribution in [0, 0.1) is 6.92 Å². The fraction of sp³-hybridized carbons (Fsp3) is 0.400. The molecule has 1 aromatic heterocycles. The molecule has 74 valence electrons. The van der Waals surface area contributed by atoms with E-state index in [2.05, 4.69) is 10.3 Å². The van der Waals surface area contributed by atoms with Crippen molar-refractivity contribution in [3.63, 3.8) is 0 Å². The van der Waals surface area contributed by atoms with Gasteiger partial charge in [0.2, 0.25) is 5.91 Å². The van der Waals surface area contributed by atoms with Crippen LogP contribution in [0.5, 0.6) is 0 Å². The number of aromatic nitrogens is 1. The topological polar surface area (TPSA) is 45.2 Å². The van der Waals surface area contributed by atoms with Gasteiger partial charge in [0.25, 0.3) is 0 Å². The summed E-state index contributed by atoms with van der Waals surface area (Å²) in [5.74, 6) is 0.914. The van der Waals surface area contributed by atoms with Gasteiger partial charge in [0, 0.05) is 25.7 Å². The minimum atomic E-state index is 0.0567. The maximum atomic E-state index is 11.3. The molecular formula is C10H13N3O. The van der Waals surface area contributed by atoms with Gasteiger partial charge in [-0.1, -0.05) is 0 Å². The first-order chi connectivity index (χ1) is 6.66. The molecule has 2 heterocycles. The van der Waals surface area contributed by atoms with Crippen molar-refractivity contribution in [2.75, 3.05) is 23.8 Å². The number of aryl methyl sites for hydroxylation is 1. The van der Waals surface area contributed by atoms with Gasteiger partial charge >= 0.3 is 0 Å². The average molecular weight is 191 g/mol. The molecule has 1 N–H and O–H groups in total. The molecule has 0 fully saturated rings. The van der Waals surface area contributed by atoms with Gasteiger partial charge in [-0.15, -0.1) is 0 Å². The molecular weight excluding hydrogens is 178 g/mol. The Morgan fingerprint density at radius 3 is 3.07 bits per heavy atom. The van der Waals surface area contributed by atoms with E-state index in [9.17, 15) is 4.79 Å². The lowest BCUT2D eigenvalue weighted by atomic mass is 10.3. The second-order valence-electron chi connectivity index (χ2n) is 3.54. The summed E-state index contributed by atoms with van der Waals surface area (Å²) >= 11 is 0. The number of carbonyl (C=O) groups is 1. The predicted octanol–water partition coefficient (Wildman–Crippen LogP) is 1.17. The third-order valence-electron chi connectivity index (χ3n) is 2.32. The molecule has 0 saturated heterocycles. The standard InChI is InChI=1S/C10H13N3O/c1-7-3-4-8-10(11-7)13(2)6-5-9(14)12-8/h3-4H,5-6H2,1-2H3,(H,12,14). The summed E-state index contributed by atoms with van der Waals surface area (Å²) in [5.41, 5.74) is 1.77. The van der Waals surface area contributed by atoms with Crippen LogP contribution in [0.15, 0.2) is 12.1 Å². The maximum absolute atomic E-state index is 11.3. The highest BCUT2D eigenvalue weighted by Crippen LogP contribution is 2.25. The Labute approximate surface area is 82.9 Å². The third kappa shape index (κ3) is 1.55. The highest BCUT2D eigenvalue weighted by Gasteiger charge is 2.17. The minimum Gasteiger partial charge on any atom is -0.357 e. The Morgan fingerprint density at radius 2 is 2.29 bits per heavy atom. The molecule has 14 heavy (non-hydrogen) atoms. The van der Waals surface area contributed by atoms with Crippen molar-refractivity contribution in [3.8, 4) is 0 Å². The SMILES string of the molecule is Cc1ccc2c(n1)N(C)CCC(=O)N2. The Bertz CT molecular complexity index is 376. The highest BCUT2D eigenvalue weighted by atomic mass is 16.1. The van der Waals surface area contributed by atoms with Gasteiger partial charge < -0.3 is 10.2 Å². The zero-order valence-electron chi connectivity index (χ0n) is 8.37. The lowest BCUT2D eigenvalue weighted by molar-refractivity contribution is -0.115. The Kier molecular flexibility index (Phi) is 2.11. The Morgan fingerprint density at radius 1 is 1.50 bits per heavy atom. The number of nitrogens with zero attached hydrogens (tertiary/aromatic N) is 2. The molecule has 0 atom stereocenters. The average Bonchev–Trinajstić information content (AvgIpc) is 2.29. The largest absolute Gasteiger partial charge is 0.357 e. The van der Waals surface area contributed by atoms with E-state index in [0.717, 1.165) is 23.7 Å². The van der Waals surface area contributed by atoms with Gasteiger partial charge in [-0.3, -0.25) is 4.79 Å². The van der Waals surface area contributed by atoms with E-state index in [0.29, 0.717) is 6.42 Å². The van der Waals surface area contributed by atoms with Crippen LogP contribution >= 0.6 is 0 Å². The van der Waals surface area contributed by atoms with E-state index in [4.69, 9.17) is 0 Å². The van der Waals surface area contributed by atoms with Crippen LogP contribution in [0.25, 0.3) is 0 Å². The van der Waals surface area contributed by atoms with Gasteiger partial charge in [-0.25, -0.2) is 4.98 Å². The lowest BCUT2D eigenvalue weighted by Gasteiger charge is -2.16. The van der Waals surface area contributed by atoms with Crippen LogP contribution in [-0.2, 0) is 4.79 Å².